The summed E-state index contributed by atoms with van der Waals surface area (Å²) in [5.74, 6) is 0.692. The molecule has 124 valence electrons. The molecule has 0 saturated carbocycles. The SMILES string of the molecule is COc1cccc(C2C(S(=O)(=O)NC(C)(C)C)CON2C)c1. The predicted octanol–water partition coefficient (Wildman–Crippen LogP) is 1.70. The molecule has 0 bridgehead atoms. The van der Waals surface area contributed by atoms with Crippen molar-refractivity contribution in [2.24, 2.45) is 0 Å². The molecule has 1 saturated heterocycles. The van der Waals surface area contributed by atoms with E-state index in [2.05, 4.69) is 4.72 Å². The number of hydrogen-bond acceptors (Lipinski definition) is 5. The summed E-state index contributed by atoms with van der Waals surface area (Å²) in [7, 11) is -0.192. The molecule has 0 radical (unpaired) electrons. The van der Waals surface area contributed by atoms with Gasteiger partial charge in [-0.05, 0) is 38.5 Å². The van der Waals surface area contributed by atoms with E-state index >= 15 is 0 Å². The molecule has 1 aliphatic heterocycles. The Balaban J connectivity index is 2.35. The molecule has 22 heavy (non-hydrogen) atoms. The van der Waals surface area contributed by atoms with E-state index in [1.165, 1.54) is 0 Å². The number of ether oxygens (including phenoxy) is 1. The van der Waals surface area contributed by atoms with E-state index < -0.39 is 20.8 Å². The second kappa shape index (κ2) is 6.16. The lowest BCUT2D eigenvalue weighted by molar-refractivity contribution is -0.110. The molecule has 1 heterocycles. The van der Waals surface area contributed by atoms with Crippen molar-refractivity contribution >= 4 is 10.0 Å². The van der Waals surface area contributed by atoms with Crippen molar-refractivity contribution in [3.05, 3.63) is 29.8 Å². The molecule has 0 spiro atoms. The third-order valence-corrected chi connectivity index (χ3v) is 5.56. The van der Waals surface area contributed by atoms with E-state index in [0.29, 0.717) is 5.75 Å². The number of nitrogens with one attached hydrogen (secondary N) is 1. The number of sulfonamides is 1. The molecule has 0 aliphatic carbocycles. The summed E-state index contributed by atoms with van der Waals surface area (Å²) in [6, 6.07) is 7.03. The van der Waals surface area contributed by atoms with E-state index in [0.717, 1.165) is 5.56 Å². The number of nitrogens with zero attached hydrogens (tertiary/aromatic N) is 1. The average molecular weight is 328 g/mol. The van der Waals surface area contributed by atoms with Gasteiger partial charge in [0.1, 0.15) is 11.0 Å². The van der Waals surface area contributed by atoms with Gasteiger partial charge in [0.15, 0.2) is 0 Å². The van der Waals surface area contributed by atoms with Crippen molar-refractivity contribution < 1.29 is 18.0 Å². The van der Waals surface area contributed by atoms with Crippen molar-refractivity contribution in [2.75, 3.05) is 20.8 Å². The van der Waals surface area contributed by atoms with Crippen LogP contribution in [0.4, 0.5) is 0 Å². The van der Waals surface area contributed by atoms with Crippen molar-refractivity contribution in [2.45, 2.75) is 37.6 Å². The fourth-order valence-electron chi connectivity index (χ4n) is 2.61. The molecule has 1 aromatic rings. The first kappa shape index (κ1) is 17.2. The first-order valence-corrected chi connectivity index (χ1v) is 8.71. The van der Waals surface area contributed by atoms with Gasteiger partial charge < -0.3 is 4.74 Å². The predicted molar refractivity (Wildman–Crippen MR) is 85.0 cm³/mol. The van der Waals surface area contributed by atoms with E-state index in [-0.39, 0.29) is 12.6 Å². The molecule has 1 N–H and O–H groups in total. The van der Waals surface area contributed by atoms with Gasteiger partial charge in [-0.2, -0.15) is 5.06 Å². The number of hydrogen-bond donors (Lipinski definition) is 1. The Labute approximate surface area is 132 Å². The quantitative estimate of drug-likeness (QED) is 0.911. The van der Waals surface area contributed by atoms with Crippen LogP contribution in [0.15, 0.2) is 24.3 Å². The van der Waals surface area contributed by atoms with Crippen molar-refractivity contribution in [3.63, 3.8) is 0 Å². The Morgan fingerprint density at radius 3 is 2.64 bits per heavy atom. The molecule has 2 unspecified atom stereocenters. The summed E-state index contributed by atoms with van der Waals surface area (Å²) in [4.78, 5) is 5.48. The number of methoxy groups -OCH3 is 1. The second-order valence-electron chi connectivity index (χ2n) is 6.50. The van der Waals surface area contributed by atoms with Crippen molar-refractivity contribution in [3.8, 4) is 5.75 Å². The summed E-state index contributed by atoms with van der Waals surface area (Å²) >= 11 is 0. The van der Waals surface area contributed by atoms with Crippen LogP contribution in [0.3, 0.4) is 0 Å². The Bertz CT molecular complexity index is 625. The minimum absolute atomic E-state index is 0.129. The topological polar surface area (TPSA) is 67.9 Å². The van der Waals surface area contributed by atoms with Crippen LogP contribution in [0.1, 0.15) is 32.4 Å². The standard InChI is InChI=1S/C15H24N2O4S/c1-15(2,3)16-22(18,19)13-10-21-17(4)14(13)11-7-6-8-12(9-11)20-5/h6-9,13-14,16H,10H2,1-5H3. The zero-order chi connectivity index (χ0) is 16.5. The van der Waals surface area contributed by atoms with Crippen LogP contribution in [-0.2, 0) is 14.9 Å². The van der Waals surface area contributed by atoms with Crippen molar-refractivity contribution in [1.82, 2.24) is 9.79 Å². The maximum absolute atomic E-state index is 12.7. The average Bonchev–Trinajstić information content (AvgIpc) is 2.79. The maximum Gasteiger partial charge on any atom is 0.219 e. The van der Waals surface area contributed by atoms with Crippen LogP contribution in [0.2, 0.25) is 0 Å². The molecule has 6 nitrogen and oxygen atoms in total. The van der Waals surface area contributed by atoms with E-state index in [1.807, 2.05) is 45.0 Å². The van der Waals surface area contributed by atoms with Crippen LogP contribution < -0.4 is 9.46 Å². The van der Waals surface area contributed by atoms with E-state index in [9.17, 15) is 8.42 Å². The molecule has 1 aliphatic rings. The normalized spacial score (nSPS) is 23.7. The fourth-order valence-corrected chi connectivity index (χ4v) is 4.52. The number of hydroxylamine groups is 2. The van der Waals surface area contributed by atoms with Gasteiger partial charge in [-0.3, -0.25) is 4.84 Å². The highest BCUT2D eigenvalue weighted by atomic mass is 32.2. The van der Waals surface area contributed by atoms with Gasteiger partial charge >= 0.3 is 0 Å². The molecular formula is C15H24N2O4S. The third-order valence-electron chi connectivity index (χ3n) is 3.47. The summed E-state index contributed by atoms with van der Waals surface area (Å²) in [5, 5.41) is 0.922. The van der Waals surface area contributed by atoms with Crippen LogP contribution in [-0.4, -0.2) is 45.0 Å². The van der Waals surface area contributed by atoms with Crippen LogP contribution in [0, 0.1) is 0 Å². The summed E-state index contributed by atoms with van der Waals surface area (Å²) < 4.78 is 33.3. The Morgan fingerprint density at radius 2 is 2.05 bits per heavy atom. The van der Waals surface area contributed by atoms with Gasteiger partial charge in [-0.25, -0.2) is 13.1 Å². The van der Waals surface area contributed by atoms with Gasteiger partial charge in [0, 0.05) is 12.6 Å². The molecule has 2 atom stereocenters. The van der Waals surface area contributed by atoms with Gasteiger partial charge in [0.05, 0.1) is 19.8 Å². The number of rotatable bonds is 4. The van der Waals surface area contributed by atoms with Gasteiger partial charge in [0.2, 0.25) is 10.0 Å². The van der Waals surface area contributed by atoms with E-state index in [1.54, 1.807) is 19.2 Å². The first-order chi connectivity index (χ1) is 10.1. The molecule has 1 fully saturated rings. The monoisotopic (exact) mass is 328 g/mol. The lowest BCUT2D eigenvalue weighted by atomic mass is 10.0. The van der Waals surface area contributed by atoms with Gasteiger partial charge in [0.25, 0.3) is 0 Å². The van der Waals surface area contributed by atoms with Gasteiger partial charge in [-0.15, -0.1) is 0 Å². The largest absolute Gasteiger partial charge is 0.497 e. The smallest absolute Gasteiger partial charge is 0.219 e. The summed E-state index contributed by atoms with van der Waals surface area (Å²) in [5.41, 5.74) is 0.322. The highest BCUT2D eigenvalue weighted by Gasteiger charge is 2.44. The molecule has 0 amide bonds. The zero-order valence-electron chi connectivity index (χ0n) is 13.7. The summed E-state index contributed by atoms with van der Waals surface area (Å²) in [6.45, 7) is 5.60. The highest BCUT2D eigenvalue weighted by Crippen LogP contribution is 2.35. The maximum atomic E-state index is 12.7. The molecule has 7 heteroatoms. The highest BCUT2D eigenvalue weighted by molar-refractivity contribution is 7.90. The molecule has 2 rings (SSSR count). The van der Waals surface area contributed by atoms with Crippen LogP contribution in [0.25, 0.3) is 0 Å². The zero-order valence-corrected chi connectivity index (χ0v) is 14.5. The van der Waals surface area contributed by atoms with E-state index in [4.69, 9.17) is 9.57 Å². The van der Waals surface area contributed by atoms with Crippen molar-refractivity contribution in [1.29, 1.82) is 0 Å². The summed E-state index contributed by atoms with van der Waals surface area (Å²) in [6.07, 6.45) is 0. The van der Waals surface area contributed by atoms with Crippen LogP contribution in [0.5, 0.6) is 5.75 Å². The Hall–Kier alpha value is -1.15. The Kier molecular flexibility index (Phi) is 4.81. The molecular weight excluding hydrogens is 304 g/mol. The molecule has 1 aromatic carbocycles. The molecule has 0 aromatic heterocycles. The fraction of sp³-hybridized carbons (Fsp3) is 0.600. The second-order valence-corrected chi connectivity index (χ2v) is 8.40. The minimum atomic E-state index is -3.52. The first-order valence-electron chi connectivity index (χ1n) is 7.16. The minimum Gasteiger partial charge on any atom is -0.497 e. The van der Waals surface area contributed by atoms with Crippen LogP contribution >= 0.6 is 0 Å². The van der Waals surface area contributed by atoms with Gasteiger partial charge in [-0.1, -0.05) is 12.1 Å². The third kappa shape index (κ3) is 3.78. The Morgan fingerprint density at radius 1 is 1.36 bits per heavy atom. The lowest BCUT2D eigenvalue weighted by Crippen LogP contribution is -2.47. The number of benzene rings is 1. The lowest BCUT2D eigenvalue weighted by Gasteiger charge is -2.27.